The lowest BCUT2D eigenvalue weighted by Crippen LogP contribution is -2.36. The zero-order chi connectivity index (χ0) is 13.9. The minimum absolute atomic E-state index is 0.0305. The Balaban J connectivity index is 1.97. The third-order valence-corrected chi connectivity index (χ3v) is 3.55. The fourth-order valence-electron chi connectivity index (χ4n) is 2.20. The predicted octanol–water partition coefficient (Wildman–Crippen LogP) is 3.17. The maximum Gasteiger partial charge on any atom is 0.251 e. The van der Waals surface area contributed by atoms with Crippen LogP contribution in [-0.4, -0.2) is 19.1 Å². The zero-order valence-electron chi connectivity index (χ0n) is 11.8. The number of amides is 1. The molecular formula is C16H21NO2. The van der Waals surface area contributed by atoms with Gasteiger partial charge in [0.25, 0.3) is 5.91 Å². The van der Waals surface area contributed by atoms with E-state index in [-0.39, 0.29) is 17.4 Å². The van der Waals surface area contributed by atoms with Gasteiger partial charge in [-0.25, -0.2) is 0 Å². The van der Waals surface area contributed by atoms with E-state index in [0.29, 0.717) is 5.56 Å². The Morgan fingerprint density at radius 2 is 2.00 bits per heavy atom. The average molecular weight is 259 g/mol. The lowest BCUT2D eigenvalue weighted by atomic mass is 9.81. The van der Waals surface area contributed by atoms with Crippen LogP contribution in [0, 0.1) is 5.41 Å². The molecule has 19 heavy (non-hydrogen) atoms. The third kappa shape index (κ3) is 3.60. The molecule has 1 unspecified atom stereocenters. The number of hydrogen-bond acceptors (Lipinski definition) is 2. The molecule has 3 heteroatoms. The molecule has 2 rings (SSSR count). The number of nitrogens with one attached hydrogen (secondary N) is 1. The first kappa shape index (κ1) is 13.7. The lowest BCUT2D eigenvalue weighted by molar-refractivity contribution is 0.0939. The van der Waals surface area contributed by atoms with Gasteiger partial charge in [-0.3, -0.25) is 4.79 Å². The summed E-state index contributed by atoms with van der Waals surface area (Å²) in [6, 6.07) is 7.31. The van der Waals surface area contributed by atoms with Gasteiger partial charge in [0.2, 0.25) is 0 Å². The number of ether oxygens (including phenoxy) is 1. The molecule has 1 atom stereocenters. The first-order chi connectivity index (χ1) is 9.00. The molecule has 0 bridgehead atoms. The Hall–Kier alpha value is -1.77. The highest BCUT2D eigenvalue weighted by Gasteiger charge is 2.22. The largest absolute Gasteiger partial charge is 0.497 e. The second-order valence-corrected chi connectivity index (χ2v) is 5.69. The monoisotopic (exact) mass is 259 g/mol. The summed E-state index contributed by atoms with van der Waals surface area (Å²) in [7, 11) is 1.61. The Morgan fingerprint density at radius 1 is 1.32 bits per heavy atom. The van der Waals surface area contributed by atoms with E-state index in [0.717, 1.165) is 18.6 Å². The molecule has 0 spiro atoms. The van der Waals surface area contributed by atoms with Crippen molar-refractivity contribution in [3.8, 4) is 5.75 Å². The van der Waals surface area contributed by atoms with E-state index in [1.807, 2.05) is 0 Å². The van der Waals surface area contributed by atoms with E-state index in [1.165, 1.54) is 0 Å². The number of methoxy groups -OCH3 is 1. The van der Waals surface area contributed by atoms with E-state index in [4.69, 9.17) is 4.74 Å². The molecule has 3 nitrogen and oxygen atoms in total. The molecule has 0 saturated carbocycles. The van der Waals surface area contributed by atoms with Crippen LogP contribution in [0.2, 0.25) is 0 Å². The Morgan fingerprint density at radius 3 is 2.53 bits per heavy atom. The normalized spacial score (nSPS) is 20.9. The van der Waals surface area contributed by atoms with Crippen molar-refractivity contribution < 1.29 is 9.53 Å². The molecule has 1 aromatic carbocycles. The Labute approximate surface area is 114 Å². The molecule has 0 heterocycles. The highest BCUT2D eigenvalue weighted by Crippen LogP contribution is 2.29. The Kier molecular flexibility index (Phi) is 3.93. The van der Waals surface area contributed by atoms with E-state index >= 15 is 0 Å². The van der Waals surface area contributed by atoms with Crippen LogP contribution in [0.1, 0.15) is 37.0 Å². The second-order valence-electron chi connectivity index (χ2n) is 5.69. The van der Waals surface area contributed by atoms with Crippen molar-refractivity contribution in [3.63, 3.8) is 0 Å². The van der Waals surface area contributed by atoms with Gasteiger partial charge in [-0.1, -0.05) is 26.0 Å². The van der Waals surface area contributed by atoms with Gasteiger partial charge < -0.3 is 10.1 Å². The van der Waals surface area contributed by atoms with Crippen molar-refractivity contribution in [3.05, 3.63) is 42.0 Å². The molecule has 1 aromatic rings. The maximum absolute atomic E-state index is 12.1. The second kappa shape index (κ2) is 5.47. The molecule has 1 N–H and O–H groups in total. The summed E-state index contributed by atoms with van der Waals surface area (Å²) in [6.07, 6.45) is 6.38. The SMILES string of the molecule is COc1ccc(C(=O)NC2C=CC(C)(C)CC2)cc1. The average Bonchev–Trinajstić information content (AvgIpc) is 2.41. The van der Waals surface area contributed by atoms with Crippen molar-refractivity contribution in [2.75, 3.05) is 7.11 Å². The maximum atomic E-state index is 12.1. The summed E-state index contributed by atoms with van der Waals surface area (Å²) < 4.78 is 5.08. The highest BCUT2D eigenvalue weighted by atomic mass is 16.5. The van der Waals surface area contributed by atoms with Gasteiger partial charge >= 0.3 is 0 Å². The standard InChI is InChI=1S/C16H21NO2/c1-16(2)10-8-13(9-11-16)17-15(18)12-4-6-14(19-3)7-5-12/h4-8,10,13H,9,11H2,1-3H3,(H,17,18). The molecule has 0 aromatic heterocycles. The van der Waals surface area contributed by atoms with Crippen LogP contribution in [0.15, 0.2) is 36.4 Å². The minimum Gasteiger partial charge on any atom is -0.497 e. The van der Waals surface area contributed by atoms with Gasteiger partial charge in [0.1, 0.15) is 5.75 Å². The van der Waals surface area contributed by atoms with Crippen LogP contribution in [0.3, 0.4) is 0 Å². The molecule has 1 aliphatic rings. The third-order valence-electron chi connectivity index (χ3n) is 3.55. The number of benzene rings is 1. The quantitative estimate of drug-likeness (QED) is 0.847. The van der Waals surface area contributed by atoms with Crippen LogP contribution in [0.4, 0.5) is 0 Å². The fourth-order valence-corrected chi connectivity index (χ4v) is 2.20. The fraction of sp³-hybridized carbons (Fsp3) is 0.438. The molecule has 1 aliphatic carbocycles. The summed E-state index contributed by atoms with van der Waals surface area (Å²) >= 11 is 0. The molecule has 1 amide bonds. The van der Waals surface area contributed by atoms with E-state index < -0.39 is 0 Å². The number of rotatable bonds is 3. The van der Waals surface area contributed by atoms with Gasteiger partial charge in [0, 0.05) is 11.6 Å². The van der Waals surface area contributed by atoms with E-state index in [2.05, 4.69) is 31.3 Å². The van der Waals surface area contributed by atoms with E-state index in [1.54, 1.807) is 31.4 Å². The molecular weight excluding hydrogens is 238 g/mol. The van der Waals surface area contributed by atoms with Crippen molar-refractivity contribution >= 4 is 5.91 Å². The zero-order valence-corrected chi connectivity index (χ0v) is 11.8. The molecule has 0 fully saturated rings. The van der Waals surface area contributed by atoms with Crippen molar-refractivity contribution in [1.82, 2.24) is 5.32 Å². The van der Waals surface area contributed by atoms with Crippen LogP contribution < -0.4 is 10.1 Å². The topological polar surface area (TPSA) is 38.3 Å². The lowest BCUT2D eigenvalue weighted by Gasteiger charge is -2.28. The smallest absolute Gasteiger partial charge is 0.251 e. The number of allylic oxidation sites excluding steroid dienone is 1. The summed E-state index contributed by atoms with van der Waals surface area (Å²) in [5, 5.41) is 3.04. The minimum atomic E-state index is -0.0305. The first-order valence-electron chi connectivity index (χ1n) is 6.64. The Bertz CT molecular complexity index is 474. The van der Waals surface area contributed by atoms with Crippen molar-refractivity contribution in [2.45, 2.75) is 32.7 Å². The van der Waals surface area contributed by atoms with Crippen LogP contribution in [0.25, 0.3) is 0 Å². The van der Waals surface area contributed by atoms with Crippen molar-refractivity contribution in [2.24, 2.45) is 5.41 Å². The van der Waals surface area contributed by atoms with E-state index in [9.17, 15) is 4.79 Å². The van der Waals surface area contributed by atoms with Gasteiger partial charge in [0.05, 0.1) is 7.11 Å². The van der Waals surface area contributed by atoms with Gasteiger partial charge in [-0.05, 0) is 42.5 Å². The van der Waals surface area contributed by atoms with Gasteiger partial charge in [0.15, 0.2) is 0 Å². The van der Waals surface area contributed by atoms with Crippen LogP contribution >= 0.6 is 0 Å². The predicted molar refractivity (Wildman–Crippen MR) is 76.4 cm³/mol. The molecule has 0 radical (unpaired) electrons. The summed E-state index contributed by atoms with van der Waals surface area (Å²) in [5.74, 6) is 0.730. The summed E-state index contributed by atoms with van der Waals surface area (Å²) in [6.45, 7) is 4.43. The van der Waals surface area contributed by atoms with Crippen LogP contribution in [0.5, 0.6) is 5.75 Å². The summed E-state index contributed by atoms with van der Waals surface area (Å²) in [5.41, 5.74) is 0.917. The number of carbonyl (C=O) groups excluding carboxylic acids is 1. The first-order valence-corrected chi connectivity index (χ1v) is 6.64. The van der Waals surface area contributed by atoms with Gasteiger partial charge in [-0.2, -0.15) is 0 Å². The summed E-state index contributed by atoms with van der Waals surface area (Å²) in [4.78, 5) is 12.1. The molecule has 0 saturated heterocycles. The number of carbonyl (C=O) groups is 1. The highest BCUT2D eigenvalue weighted by molar-refractivity contribution is 5.94. The van der Waals surface area contributed by atoms with Gasteiger partial charge in [-0.15, -0.1) is 0 Å². The van der Waals surface area contributed by atoms with Crippen molar-refractivity contribution in [1.29, 1.82) is 0 Å². The number of hydrogen-bond donors (Lipinski definition) is 1. The molecule has 102 valence electrons. The van der Waals surface area contributed by atoms with Crippen LogP contribution in [-0.2, 0) is 0 Å². The molecule has 0 aliphatic heterocycles.